The fourth-order valence-corrected chi connectivity index (χ4v) is 5.45. The van der Waals surface area contributed by atoms with Crippen molar-refractivity contribution in [1.82, 2.24) is 20.4 Å². The highest BCUT2D eigenvalue weighted by atomic mass is 35.5. The van der Waals surface area contributed by atoms with Crippen molar-refractivity contribution in [2.24, 2.45) is 5.16 Å². The van der Waals surface area contributed by atoms with Gasteiger partial charge in [-0.15, -0.1) is 11.8 Å². The molecule has 0 radical (unpaired) electrons. The van der Waals surface area contributed by atoms with Gasteiger partial charge in [0.15, 0.2) is 16.6 Å². The molecule has 172 valence electrons. The number of rotatable bonds is 6. The first-order chi connectivity index (χ1) is 15.7. The Bertz CT molecular complexity index is 1310. The summed E-state index contributed by atoms with van der Waals surface area (Å²) < 4.78 is 4.91. The third-order valence-corrected chi connectivity index (χ3v) is 7.01. The van der Waals surface area contributed by atoms with Gasteiger partial charge in [0.2, 0.25) is 0 Å². The van der Waals surface area contributed by atoms with Crippen LogP contribution in [0.5, 0.6) is 0 Å². The van der Waals surface area contributed by atoms with E-state index < -0.39 is 40.5 Å². The number of fused-ring (bicyclic) bond motifs is 1. The van der Waals surface area contributed by atoms with E-state index in [1.165, 1.54) is 30.0 Å². The summed E-state index contributed by atoms with van der Waals surface area (Å²) in [6, 6.07) is 0.107. The standard InChI is InChI=1S/C17H13ClN6O7S2/c18-12-8(21-17(19)33-12)9(22-30)13(26)20-10-14(27)24-11(16(28)29)5(4-32-15(10)24)1-2-6-3-7(25)23-31-6/h1-3,10,15,30H,4H2,(H2,19,21)(H,20,26)(H,23,25)(H,28,29)/b2-1-,22-9-/t10-,15-/m1/s1. The summed E-state index contributed by atoms with van der Waals surface area (Å²) in [5.74, 6) is -2.56. The van der Waals surface area contributed by atoms with Gasteiger partial charge in [-0.2, -0.15) is 5.16 Å². The predicted molar refractivity (Wildman–Crippen MR) is 118 cm³/mol. The molecule has 4 heterocycles. The number of carbonyl (C=O) groups is 3. The molecule has 2 amide bonds. The van der Waals surface area contributed by atoms with Crippen molar-refractivity contribution < 1.29 is 29.2 Å². The largest absolute Gasteiger partial charge is 0.477 e. The number of aromatic nitrogens is 2. The van der Waals surface area contributed by atoms with Crippen LogP contribution in [0, 0.1) is 0 Å². The SMILES string of the molecule is Nc1nc(/C(=N/O)C(=O)N[C@@H]2C(=O)N3C(C(=O)O)=C(/C=C\c4cc(=O)[nH]o4)CS[C@H]23)c(Cl)s1. The molecule has 0 saturated carbocycles. The van der Waals surface area contributed by atoms with Crippen molar-refractivity contribution >= 4 is 69.4 Å². The van der Waals surface area contributed by atoms with E-state index in [4.69, 9.17) is 21.9 Å². The number of allylic oxidation sites excluding steroid dienone is 1. The van der Waals surface area contributed by atoms with E-state index in [-0.39, 0.29) is 32.4 Å². The van der Waals surface area contributed by atoms with Gasteiger partial charge in [-0.1, -0.05) is 34.2 Å². The average Bonchev–Trinajstić information content (AvgIpc) is 3.34. The van der Waals surface area contributed by atoms with Gasteiger partial charge in [0.1, 0.15) is 27.1 Å². The third kappa shape index (κ3) is 4.12. The highest BCUT2D eigenvalue weighted by Crippen LogP contribution is 2.41. The number of H-pyrrole nitrogens is 1. The maximum absolute atomic E-state index is 12.7. The molecule has 33 heavy (non-hydrogen) atoms. The lowest BCUT2D eigenvalue weighted by Crippen LogP contribution is -2.71. The van der Waals surface area contributed by atoms with Gasteiger partial charge in [-0.3, -0.25) is 19.3 Å². The summed E-state index contributed by atoms with van der Waals surface area (Å²) >= 11 is 8.04. The molecule has 1 saturated heterocycles. The molecule has 16 heteroatoms. The molecule has 6 N–H and O–H groups in total. The zero-order chi connectivity index (χ0) is 23.9. The second-order valence-corrected chi connectivity index (χ2v) is 9.35. The van der Waals surface area contributed by atoms with Gasteiger partial charge in [-0.25, -0.2) is 9.78 Å². The number of carbonyl (C=O) groups excluding carboxylic acids is 2. The van der Waals surface area contributed by atoms with Crippen LogP contribution >= 0.6 is 34.7 Å². The number of carboxylic acid groups (broad SMARTS) is 1. The van der Waals surface area contributed by atoms with E-state index in [1.54, 1.807) is 0 Å². The number of carboxylic acids is 1. The van der Waals surface area contributed by atoms with E-state index in [9.17, 15) is 29.5 Å². The van der Waals surface area contributed by atoms with E-state index in [1.807, 2.05) is 0 Å². The topological polar surface area (TPSA) is 204 Å². The summed E-state index contributed by atoms with van der Waals surface area (Å²) in [6.07, 6.45) is 2.83. The molecule has 0 spiro atoms. The summed E-state index contributed by atoms with van der Waals surface area (Å²) in [4.78, 5) is 53.3. The number of oxime groups is 1. The van der Waals surface area contributed by atoms with Gasteiger partial charge in [0.05, 0.1) is 6.07 Å². The Hall–Kier alpha value is -3.56. The monoisotopic (exact) mass is 512 g/mol. The van der Waals surface area contributed by atoms with Crippen LogP contribution in [0.3, 0.4) is 0 Å². The van der Waals surface area contributed by atoms with Crippen LogP contribution in [0.15, 0.2) is 37.9 Å². The molecular formula is C17H13ClN6O7S2. The van der Waals surface area contributed by atoms with Crippen molar-refractivity contribution in [3.8, 4) is 0 Å². The molecule has 2 aliphatic heterocycles. The zero-order valence-electron chi connectivity index (χ0n) is 16.1. The number of nitrogens with two attached hydrogens (primary N) is 1. The highest BCUT2D eigenvalue weighted by molar-refractivity contribution is 8.00. The van der Waals surface area contributed by atoms with Gasteiger partial charge in [0.25, 0.3) is 17.4 Å². The van der Waals surface area contributed by atoms with E-state index >= 15 is 0 Å². The Morgan fingerprint density at radius 3 is 2.76 bits per heavy atom. The quantitative estimate of drug-likeness (QED) is 0.155. The molecule has 2 atom stereocenters. The molecule has 0 unspecified atom stereocenters. The molecular weight excluding hydrogens is 500 g/mol. The molecule has 2 aliphatic rings. The minimum atomic E-state index is -1.34. The fourth-order valence-electron chi connectivity index (χ4n) is 3.21. The number of aromatic amines is 1. The Kier molecular flexibility index (Phi) is 6.01. The number of nitrogens with one attached hydrogen (secondary N) is 2. The lowest BCUT2D eigenvalue weighted by Gasteiger charge is -2.49. The van der Waals surface area contributed by atoms with Crippen molar-refractivity contribution in [2.75, 3.05) is 11.5 Å². The van der Waals surface area contributed by atoms with Gasteiger partial charge in [-0.05, 0) is 11.6 Å². The summed E-state index contributed by atoms with van der Waals surface area (Å²) in [6.45, 7) is 0. The number of hydrogen-bond acceptors (Lipinski definition) is 11. The molecule has 0 aromatic carbocycles. The lowest BCUT2D eigenvalue weighted by molar-refractivity contribution is -0.150. The minimum absolute atomic E-state index is 0.0230. The van der Waals surface area contributed by atoms with Crippen LogP contribution in [-0.4, -0.2) is 66.0 Å². The normalized spacial score (nSPS) is 20.7. The highest BCUT2D eigenvalue weighted by Gasteiger charge is 2.54. The van der Waals surface area contributed by atoms with Crippen LogP contribution < -0.4 is 16.6 Å². The van der Waals surface area contributed by atoms with Gasteiger partial charge < -0.3 is 25.9 Å². The predicted octanol–water partition coefficient (Wildman–Crippen LogP) is 0.290. The second-order valence-electron chi connectivity index (χ2n) is 6.61. The molecule has 13 nitrogen and oxygen atoms in total. The Balaban J connectivity index is 1.54. The van der Waals surface area contributed by atoms with Crippen LogP contribution in [0.4, 0.5) is 5.13 Å². The lowest BCUT2D eigenvalue weighted by atomic mass is 10.0. The number of β-lactam (4-membered cyclic amide) rings is 1. The third-order valence-electron chi connectivity index (χ3n) is 4.62. The molecule has 0 bridgehead atoms. The Morgan fingerprint density at radius 1 is 1.42 bits per heavy atom. The summed E-state index contributed by atoms with van der Waals surface area (Å²) in [7, 11) is 0. The number of hydrogen-bond donors (Lipinski definition) is 5. The number of thioether (sulfide) groups is 1. The summed E-state index contributed by atoms with van der Waals surface area (Å²) in [5.41, 5.74) is 4.46. The average molecular weight is 513 g/mol. The van der Waals surface area contributed by atoms with Crippen molar-refractivity contribution in [3.63, 3.8) is 0 Å². The maximum Gasteiger partial charge on any atom is 0.352 e. The molecule has 1 fully saturated rings. The number of nitrogen functional groups attached to an aromatic ring is 1. The van der Waals surface area contributed by atoms with Crippen molar-refractivity contribution in [3.05, 3.63) is 49.6 Å². The number of nitrogens with zero attached hydrogens (tertiary/aromatic N) is 3. The molecule has 2 aromatic rings. The van der Waals surface area contributed by atoms with Gasteiger partial charge in [0, 0.05) is 5.75 Å². The van der Waals surface area contributed by atoms with Crippen molar-refractivity contribution in [1.29, 1.82) is 0 Å². The number of thiazole rings is 1. The number of anilines is 1. The Labute approximate surface area is 196 Å². The summed E-state index contributed by atoms with van der Waals surface area (Å²) in [5, 5.41) is 25.7. The number of aliphatic carboxylic acids is 1. The van der Waals surface area contributed by atoms with E-state index in [0.717, 1.165) is 16.2 Å². The van der Waals surface area contributed by atoms with Crippen LogP contribution in [0.1, 0.15) is 11.5 Å². The fraction of sp³-hybridized carbons (Fsp3) is 0.176. The van der Waals surface area contributed by atoms with Crippen LogP contribution in [0.2, 0.25) is 4.34 Å². The van der Waals surface area contributed by atoms with Crippen molar-refractivity contribution in [2.45, 2.75) is 11.4 Å². The zero-order valence-corrected chi connectivity index (χ0v) is 18.5. The second kappa shape index (κ2) is 8.76. The molecule has 2 aromatic heterocycles. The minimum Gasteiger partial charge on any atom is -0.477 e. The van der Waals surface area contributed by atoms with Gasteiger partial charge >= 0.3 is 5.97 Å². The number of amides is 2. The number of halogens is 1. The Morgan fingerprint density at radius 2 is 2.18 bits per heavy atom. The first-order valence-corrected chi connectivity index (χ1v) is 11.2. The van der Waals surface area contributed by atoms with Crippen LogP contribution in [0.25, 0.3) is 6.08 Å². The first-order valence-electron chi connectivity index (χ1n) is 8.94. The molecule has 4 rings (SSSR count). The van der Waals surface area contributed by atoms with E-state index in [2.05, 4.69) is 20.6 Å². The maximum atomic E-state index is 12.7. The van der Waals surface area contributed by atoms with Crippen LogP contribution in [-0.2, 0) is 14.4 Å². The molecule has 0 aliphatic carbocycles. The first kappa shape index (κ1) is 22.6. The van der Waals surface area contributed by atoms with E-state index in [0.29, 0.717) is 5.57 Å². The smallest absolute Gasteiger partial charge is 0.352 e.